The number of ether oxygens (including phenoxy) is 2. The first kappa shape index (κ1) is 19.0. The molecule has 1 aliphatic heterocycles. The standard InChI is InChI=1S/C18H19N7O3S/c1-27-13-4-7-19-12(9-13)10-16(26)21-17-23-24-18(29-17)28-14-5-8-25(11-14)15-3-2-6-20-22-15/h2-4,6-7,9,14H,5,8,10-11H2,1H3,(H,21,23,26). The average Bonchev–Trinajstić information content (AvgIpc) is 3.38. The molecule has 1 amide bonds. The second-order valence-electron chi connectivity index (χ2n) is 6.34. The number of aromatic nitrogens is 5. The second kappa shape index (κ2) is 8.78. The maximum atomic E-state index is 12.2. The first-order chi connectivity index (χ1) is 14.2. The highest BCUT2D eigenvalue weighted by Gasteiger charge is 2.26. The van der Waals surface area contributed by atoms with Gasteiger partial charge in [0.25, 0.3) is 5.19 Å². The molecule has 1 fully saturated rings. The molecular weight excluding hydrogens is 394 g/mol. The van der Waals surface area contributed by atoms with Gasteiger partial charge in [-0.1, -0.05) is 5.10 Å². The van der Waals surface area contributed by atoms with Gasteiger partial charge < -0.3 is 19.7 Å². The number of anilines is 2. The summed E-state index contributed by atoms with van der Waals surface area (Å²) in [7, 11) is 1.57. The van der Waals surface area contributed by atoms with E-state index in [1.807, 2.05) is 12.1 Å². The molecule has 4 rings (SSSR count). The van der Waals surface area contributed by atoms with E-state index >= 15 is 0 Å². The Morgan fingerprint density at radius 2 is 2.24 bits per heavy atom. The van der Waals surface area contributed by atoms with Gasteiger partial charge in [-0.05, 0) is 29.5 Å². The molecular formula is C18H19N7O3S. The number of nitrogens with zero attached hydrogens (tertiary/aromatic N) is 6. The molecule has 0 aromatic carbocycles. The zero-order valence-corrected chi connectivity index (χ0v) is 16.5. The highest BCUT2D eigenvalue weighted by molar-refractivity contribution is 7.17. The van der Waals surface area contributed by atoms with Crippen LogP contribution in [0.2, 0.25) is 0 Å². The Hall–Kier alpha value is -3.34. The van der Waals surface area contributed by atoms with Crippen molar-refractivity contribution in [2.75, 3.05) is 30.4 Å². The number of methoxy groups -OCH3 is 1. The van der Waals surface area contributed by atoms with Gasteiger partial charge in [0, 0.05) is 31.4 Å². The van der Waals surface area contributed by atoms with Gasteiger partial charge in [-0.25, -0.2) is 0 Å². The van der Waals surface area contributed by atoms with E-state index in [2.05, 4.69) is 35.6 Å². The molecule has 0 bridgehead atoms. The smallest absolute Gasteiger partial charge is 0.296 e. The second-order valence-corrected chi connectivity index (χ2v) is 7.28. The Labute approximate surface area is 170 Å². The summed E-state index contributed by atoms with van der Waals surface area (Å²) in [4.78, 5) is 18.5. The molecule has 3 aromatic rings. The molecule has 0 spiro atoms. The fraction of sp³-hybridized carbons (Fsp3) is 0.333. The summed E-state index contributed by atoms with van der Waals surface area (Å²) in [5, 5.41) is 19.6. The monoisotopic (exact) mass is 413 g/mol. The Morgan fingerprint density at radius 3 is 3.07 bits per heavy atom. The molecule has 1 atom stereocenters. The van der Waals surface area contributed by atoms with Gasteiger partial charge >= 0.3 is 0 Å². The maximum Gasteiger partial charge on any atom is 0.296 e. The van der Waals surface area contributed by atoms with Crippen molar-refractivity contribution in [2.24, 2.45) is 0 Å². The fourth-order valence-electron chi connectivity index (χ4n) is 2.95. The molecule has 1 unspecified atom stereocenters. The zero-order chi connectivity index (χ0) is 20.1. The van der Waals surface area contributed by atoms with Crippen LogP contribution >= 0.6 is 11.3 Å². The quantitative estimate of drug-likeness (QED) is 0.616. The van der Waals surface area contributed by atoms with E-state index in [-0.39, 0.29) is 18.4 Å². The lowest BCUT2D eigenvalue weighted by molar-refractivity contribution is -0.115. The number of pyridine rings is 1. The van der Waals surface area contributed by atoms with Gasteiger partial charge in [-0.2, -0.15) is 5.10 Å². The minimum atomic E-state index is -0.233. The molecule has 3 aromatic heterocycles. The van der Waals surface area contributed by atoms with E-state index in [0.717, 1.165) is 18.8 Å². The molecule has 0 aliphatic carbocycles. The number of carbonyl (C=O) groups excluding carboxylic acids is 1. The number of nitrogens with one attached hydrogen (secondary N) is 1. The normalized spacial score (nSPS) is 15.9. The lowest BCUT2D eigenvalue weighted by atomic mass is 10.2. The van der Waals surface area contributed by atoms with Gasteiger partial charge in [0.15, 0.2) is 5.82 Å². The molecule has 0 radical (unpaired) electrons. The van der Waals surface area contributed by atoms with Crippen LogP contribution in [0.3, 0.4) is 0 Å². The summed E-state index contributed by atoms with van der Waals surface area (Å²) >= 11 is 1.20. The molecule has 150 valence electrons. The van der Waals surface area contributed by atoms with Gasteiger partial charge in [0.05, 0.1) is 25.8 Å². The van der Waals surface area contributed by atoms with E-state index in [9.17, 15) is 4.79 Å². The number of rotatable bonds is 7. The van der Waals surface area contributed by atoms with Crippen LogP contribution in [-0.2, 0) is 11.2 Å². The maximum absolute atomic E-state index is 12.2. The van der Waals surface area contributed by atoms with Crippen molar-refractivity contribution in [1.29, 1.82) is 0 Å². The van der Waals surface area contributed by atoms with Crippen molar-refractivity contribution in [2.45, 2.75) is 18.9 Å². The van der Waals surface area contributed by atoms with Crippen LogP contribution in [0.1, 0.15) is 12.1 Å². The van der Waals surface area contributed by atoms with Crippen LogP contribution in [0.5, 0.6) is 10.9 Å². The third-order valence-corrected chi connectivity index (χ3v) is 5.04. The molecule has 1 N–H and O–H groups in total. The predicted molar refractivity (Wildman–Crippen MR) is 106 cm³/mol. The van der Waals surface area contributed by atoms with E-state index in [1.54, 1.807) is 31.6 Å². The first-order valence-electron chi connectivity index (χ1n) is 9.01. The van der Waals surface area contributed by atoms with Crippen molar-refractivity contribution in [3.63, 3.8) is 0 Å². The van der Waals surface area contributed by atoms with Crippen LogP contribution in [0, 0.1) is 0 Å². The van der Waals surface area contributed by atoms with Gasteiger partial charge in [-0.3, -0.25) is 9.78 Å². The summed E-state index contributed by atoms with van der Waals surface area (Å²) in [5.41, 5.74) is 0.609. The van der Waals surface area contributed by atoms with Crippen LogP contribution in [0.4, 0.5) is 10.9 Å². The largest absolute Gasteiger partial charge is 0.497 e. The molecule has 1 aliphatic rings. The Kier molecular flexibility index (Phi) is 5.75. The van der Waals surface area contributed by atoms with E-state index in [4.69, 9.17) is 9.47 Å². The van der Waals surface area contributed by atoms with Crippen molar-refractivity contribution in [3.05, 3.63) is 42.4 Å². The zero-order valence-electron chi connectivity index (χ0n) is 15.7. The number of amides is 1. The van der Waals surface area contributed by atoms with Crippen molar-refractivity contribution < 1.29 is 14.3 Å². The topological polar surface area (TPSA) is 115 Å². The summed E-state index contributed by atoms with van der Waals surface area (Å²) in [6.07, 6.45) is 4.19. The average molecular weight is 413 g/mol. The van der Waals surface area contributed by atoms with Crippen LogP contribution < -0.4 is 19.7 Å². The van der Waals surface area contributed by atoms with E-state index in [1.165, 1.54) is 11.3 Å². The molecule has 0 saturated carbocycles. The highest BCUT2D eigenvalue weighted by Crippen LogP contribution is 2.26. The van der Waals surface area contributed by atoms with Gasteiger partial charge in [-0.15, -0.1) is 10.2 Å². The third-order valence-electron chi connectivity index (χ3n) is 4.31. The lowest BCUT2D eigenvalue weighted by Crippen LogP contribution is -2.25. The molecule has 1 saturated heterocycles. The molecule has 11 heteroatoms. The van der Waals surface area contributed by atoms with Crippen LogP contribution in [0.15, 0.2) is 36.7 Å². The van der Waals surface area contributed by atoms with Gasteiger partial charge in [0.1, 0.15) is 11.9 Å². The van der Waals surface area contributed by atoms with Crippen molar-refractivity contribution in [1.82, 2.24) is 25.4 Å². The van der Waals surface area contributed by atoms with Crippen molar-refractivity contribution >= 4 is 28.2 Å². The molecule has 29 heavy (non-hydrogen) atoms. The highest BCUT2D eigenvalue weighted by atomic mass is 32.1. The summed E-state index contributed by atoms with van der Waals surface area (Å²) < 4.78 is 11.1. The summed E-state index contributed by atoms with van der Waals surface area (Å²) in [5.74, 6) is 1.25. The third kappa shape index (κ3) is 4.93. The molecule has 10 nitrogen and oxygen atoms in total. The van der Waals surface area contributed by atoms with Gasteiger partial charge in [0.2, 0.25) is 11.0 Å². The van der Waals surface area contributed by atoms with E-state index in [0.29, 0.717) is 28.3 Å². The van der Waals surface area contributed by atoms with Crippen LogP contribution in [0.25, 0.3) is 0 Å². The summed E-state index contributed by atoms with van der Waals surface area (Å²) in [6.45, 7) is 1.53. The Bertz CT molecular complexity index is 969. The number of hydrogen-bond donors (Lipinski definition) is 1. The van der Waals surface area contributed by atoms with Crippen molar-refractivity contribution in [3.8, 4) is 10.9 Å². The Balaban J connectivity index is 1.29. The van der Waals surface area contributed by atoms with E-state index < -0.39 is 0 Å². The summed E-state index contributed by atoms with van der Waals surface area (Å²) in [6, 6.07) is 7.23. The number of hydrogen-bond acceptors (Lipinski definition) is 10. The fourth-order valence-corrected chi connectivity index (χ4v) is 3.63. The predicted octanol–water partition coefficient (Wildman–Crippen LogP) is 1.57. The lowest BCUT2D eigenvalue weighted by Gasteiger charge is -2.16. The minimum absolute atomic E-state index is 0.0190. The molecule has 4 heterocycles. The first-order valence-corrected chi connectivity index (χ1v) is 9.83. The minimum Gasteiger partial charge on any atom is -0.497 e. The number of carbonyl (C=O) groups is 1. The van der Waals surface area contributed by atoms with Crippen LogP contribution in [-0.4, -0.2) is 57.6 Å². The SMILES string of the molecule is COc1ccnc(CC(=O)Nc2nnc(OC3CCN(c4cccnn4)C3)s2)c1. The Morgan fingerprint density at radius 1 is 1.31 bits per heavy atom.